The molecular weight excluding hydrogens is 336 g/mol. The predicted molar refractivity (Wildman–Crippen MR) is 110 cm³/mol. The molecule has 2 aromatic carbocycles. The molecule has 1 aliphatic heterocycles. The van der Waals surface area contributed by atoms with Crippen LogP contribution in [0.1, 0.15) is 0 Å². The maximum absolute atomic E-state index is 5.39. The lowest BCUT2D eigenvalue weighted by Gasteiger charge is -2.37. The number of fused-ring (bicyclic) bond motifs is 3. The Bertz CT molecular complexity index is 1080. The zero-order valence-corrected chi connectivity index (χ0v) is 15.4. The summed E-state index contributed by atoms with van der Waals surface area (Å²) < 4.78 is 7.62. The van der Waals surface area contributed by atoms with Crippen molar-refractivity contribution in [2.45, 2.75) is 0 Å². The van der Waals surface area contributed by atoms with E-state index in [0.717, 1.165) is 54.3 Å². The van der Waals surface area contributed by atoms with Crippen LogP contribution < -0.4 is 14.5 Å². The van der Waals surface area contributed by atoms with E-state index in [0.29, 0.717) is 0 Å². The Balaban J connectivity index is 1.50. The van der Waals surface area contributed by atoms with Crippen LogP contribution in [0.4, 0.5) is 11.5 Å². The highest BCUT2D eigenvalue weighted by Crippen LogP contribution is 2.28. The number of para-hydroxylation sites is 1. The zero-order chi connectivity index (χ0) is 18.2. The third-order valence-electron chi connectivity index (χ3n) is 5.35. The maximum Gasteiger partial charge on any atom is 0.153 e. The van der Waals surface area contributed by atoms with Crippen molar-refractivity contribution in [3.63, 3.8) is 0 Å². The summed E-state index contributed by atoms with van der Waals surface area (Å²) in [4.78, 5) is 9.85. The van der Waals surface area contributed by atoms with Crippen LogP contribution in [0.2, 0.25) is 0 Å². The molecule has 27 heavy (non-hydrogen) atoms. The Labute approximate surface area is 158 Å². The van der Waals surface area contributed by atoms with Crippen LogP contribution in [-0.2, 0) is 0 Å². The van der Waals surface area contributed by atoms with Gasteiger partial charge in [-0.25, -0.2) is 4.98 Å². The van der Waals surface area contributed by atoms with Crippen LogP contribution in [0.25, 0.3) is 16.6 Å². The molecule has 2 aromatic heterocycles. The van der Waals surface area contributed by atoms with Crippen molar-refractivity contribution in [2.24, 2.45) is 0 Å². The lowest BCUT2D eigenvalue weighted by molar-refractivity contribution is 0.415. The lowest BCUT2D eigenvalue weighted by atomic mass is 10.2. The lowest BCUT2D eigenvalue weighted by Crippen LogP contribution is -2.47. The summed E-state index contributed by atoms with van der Waals surface area (Å²) in [5, 5.41) is 0. The number of methoxy groups -OCH3 is 1. The van der Waals surface area contributed by atoms with Crippen LogP contribution in [-0.4, -0.2) is 42.7 Å². The van der Waals surface area contributed by atoms with Crippen molar-refractivity contribution in [2.75, 3.05) is 43.1 Å². The van der Waals surface area contributed by atoms with Gasteiger partial charge in [-0.05, 0) is 36.4 Å². The van der Waals surface area contributed by atoms with E-state index in [4.69, 9.17) is 9.72 Å². The first-order valence-electron chi connectivity index (χ1n) is 9.33. The summed E-state index contributed by atoms with van der Waals surface area (Å²) in [5.41, 5.74) is 4.50. The van der Waals surface area contributed by atoms with E-state index in [9.17, 15) is 0 Å². The molecule has 0 unspecified atom stereocenters. The molecule has 0 N–H and O–H groups in total. The number of piperazine rings is 1. The molecule has 0 atom stereocenters. The fourth-order valence-corrected chi connectivity index (χ4v) is 3.92. The summed E-state index contributed by atoms with van der Waals surface area (Å²) in [7, 11) is 1.69. The molecule has 1 saturated heterocycles. The Hall–Kier alpha value is -3.21. The smallest absolute Gasteiger partial charge is 0.153 e. The van der Waals surface area contributed by atoms with E-state index in [-0.39, 0.29) is 0 Å². The first kappa shape index (κ1) is 16.0. The number of anilines is 2. The van der Waals surface area contributed by atoms with Crippen molar-refractivity contribution in [3.8, 4) is 5.75 Å². The standard InChI is InChI=1S/C22H22N4O/c1-27-18-9-10-20-19(16-18)23-22(21-8-5-11-26(20)21)25-14-12-24(13-15-25)17-6-3-2-4-7-17/h2-11,16H,12-15H2,1H3. The maximum atomic E-state index is 5.39. The summed E-state index contributed by atoms with van der Waals surface area (Å²) in [5.74, 6) is 1.88. The molecule has 5 heteroatoms. The van der Waals surface area contributed by atoms with Gasteiger partial charge >= 0.3 is 0 Å². The number of hydrogen-bond acceptors (Lipinski definition) is 4. The molecule has 0 bridgehead atoms. The molecule has 0 spiro atoms. The second-order valence-electron chi connectivity index (χ2n) is 6.86. The largest absolute Gasteiger partial charge is 0.497 e. The van der Waals surface area contributed by atoms with Gasteiger partial charge in [0.1, 0.15) is 5.75 Å². The van der Waals surface area contributed by atoms with E-state index in [1.54, 1.807) is 7.11 Å². The topological polar surface area (TPSA) is 33.0 Å². The van der Waals surface area contributed by atoms with Gasteiger partial charge in [-0.2, -0.15) is 0 Å². The van der Waals surface area contributed by atoms with Crippen molar-refractivity contribution in [3.05, 3.63) is 66.9 Å². The zero-order valence-electron chi connectivity index (χ0n) is 15.4. The number of hydrogen-bond donors (Lipinski definition) is 0. The fraction of sp³-hybridized carbons (Fsp3) is 0.227. The van der Waals surface area contributed by atoms with Gasteiger partial charge in [-0.15, -0.1) is 0 Å². The van der Waals surface area contributed by atoms with Crippen LogP contribution in [0.3, 0.4) is 0 Å². The summed E-state index contributed by atoms with van der Waals surface area (Å²) in [6.45, 7) is 3.90. The normalized spacial score (nSPS) is 14.9. The minimum atomic E-state index is 0.835. The molecular formula is C22H22N4O. The molecule has 136 valence electrons. The van der Waals surface area contributed by atoms with Gasteiger partial charge in [-0.3, -0.25) is 0 Å². The van der Waals surface area contributed by atoms with Crippen LogP contribution in [0.15, 0.2) is 66.9 Å². The first-order chi connectivity index (χ1) is 13.3. The molecule has 5 rings (SSSR count). The number of aromatic nitrogens is 2. The third-order valence-corrected chi connectivity index (χ3v) is 5.35. The van der Waals surface area contributed by atoms with Gasteiger partial charge in [0.25, 0.3) is 0 Å². The molecule has 5 nitrogen and oxygen atoms in total. The average Bonchev–Trinajstić information content (AvgIpc) is 3.23. The molecule has 0 aliphatic carbocycles. The average molecular weight is 358 g/mol. The molecule has 4 aromatic rings. The van der Waals surface area contributed by atoms with Gasteiger partial charge in [0.15, 0.2) is 5.82 Å². The first-order valence-corrected chi connectivity index (χ1v) is 9.33. The molecule has 3 heterocycles. The highest BCUT2D eigenvalue weighted by Gasteiger charge is 2.21. The molecule has 0 saturated carbocycles. The predicted octanol–water partition coefficient (Wildman–Crippen LogP) is 3.82. The SMILES string of the molecule is COc1ccc2c(c1)nc(N1CCN(c3ccccc3)CC1)c1cccn12. The molecule has 1 aliphatic rings. The summed E-state index contributed by atoms with van der Waals surface area (Å²) in [6, 6.07) is 20.9. The Morgan fingerprint density at radius 1 is 0.815 bits per heavy atom. The highest BCUT2D eigenvalue weighted by molar-refractivity contribution is 5.86. The van der Waals surface area contributed by atoms with Gasteiger partial charge in [0.05, 0.1) is 23.7 Å². The van der Waals surface area contributed by atoms with Crippen LogP contribution >= 0.6 is 0 Å². The van der Waals surface area contributed by atoms with E-state index >= 15 is 0 Å². The molecule has 0 radical (unpaired) electrons. The van der Waals surface area contributed by atoms with Gasteiger partial charge in [0, 0.05) is 44.1 Å². The molecule has 1 fully saturated rings. The number of nitrogens with zero attached hydrogens (tertiary/aromatic N) is 4. The van der Waals surface area contributed by atoms with Gasteiger partial charge in [0.2, 0.25) is 0 Å². The summed E-state index contributed by atoms with van der Waals surface area (Å²) >= 11 is 0. The Morgan fingerprint density at radius 3 is 2.37 bits per heavy atom. The van der Waals surface area contributed by atoms with Crippen molar-refractivity contribution in [1.82, 2.24) is 9.38 Å². The quantitative estimate of drug-likeness (QED) is 0.557. The second-order valence-corrected chi connectivity index (χ2v) is 6.86. The van der Waals surface area contributed by atoms with Crippen LogP contribution in [0.5, 0.6) is 5.75 Å². The number of benzene rings is 2. The number of ether oxygens (including phenoxy) is 1. The minimum absolute atomic E-state index is 0.835. The van der Waals surface area contributed by atoms with Crippen LogP contribution in [0, 0.1) is 0 Å². The van der Waals surface area contributed by atoms with E-state index in [1.807, 2.05) is 12.1 Å². The highest BCUT2D eigenvalue weighted by atomic mass is 16.5. The van der Waals surface area contributed by atoms with Gasteiger partial charge < -0.3 is 18.9 Å². The van der Waals surface area contributed by atoms with Crippen molar-refractivity contribution < 1.29 is 4.74 Å². The van der Waals surface area contributed by atoms with Crippen molar-refractivity contribution >= 4 is 28.1 Å². The third kappa shape index (κ3) is 2.76. The molecule has 0 amide bonds. The summed E-state index contributed by atoms with van der Waals surface area (Å²) in [6.07, 6.45) is 2.11. The monoisotopic (exact) mass is 358 g/mol. The Morgan fingerprint density at radius 2 is 1.59 bits per heavy atom. The second kappa shape index (κ2) is 6.50. The van der Waals surface area contributed by atoms with E-state index in [1.165, 1.54) is 5.69 Å². The minimum Gasteiger partial charge on any atom is -0.497 e. The van der Waals surface area contributed by atoms with E-state index < -0.39 is 0 Å². The van der Waals surface area contributed by atoms with Crippen molar-refractivity contribution in [1.29, 1.82) is 0 Å². The fourth-order valence-electron chi connectivity index (χ4n) is 3.92. The Kier molecular flexibility index (Phi) is 3.85. The van der Waals surface area contributed by atoms with Gasteiger partial charge in [-0.1, -0.05) is 18.2 Å². The van der Waals surface area contributed by atoms with E-state index in [2.05, 4.69) is 68.9 Å². The number of rotatable bonds is 3.